The van der Waals surface area contributed by atoms with Gasteiger partial charge >= 0.3 is 0 Å². The first-order valence-corrected chi connectivity index (χ1v) is 12.3. The number of likely N-dealkylation sites (tertiary alicyclic amines) is 1. The summed E-state index contributed by atoms with van der Waals surface area (Å²) < 4.78 is 21.9. The largest absolute Gasteiger partial charge is 0.507 e. The molecule has 9 nitrogen and oxygen atoms in total. The first kappa shape index (κ1) is 24.1. The minimum Gasteiger partial charge on any atom is -0.507 e. The van der Waals surface area contributed by atoms with Gasteiger partial charge in [-0.1, -0.05) is 12.1 Å². The van der Waals surface area contributed by atoms with Crippen LogP contribution in [0.15, 0.2) is 48.0 Å². The van der Waals surface area contributed by atoms with E-state index in [9.17, 15) is 14.7 Å². The number of rotatable bonds is 8. The van der Waals surface area contributed by atoms with E-state index in [2.05, 4.69) is 4.90 Å². The molecule has 9 heteroatoms. The lowest BCUT2D eigenvalue weighted by molar-refractivity contribution is -0.140. The molecular weight excluding hydrogens is 464 g/mol. The van der Waals surface area contributed by atoms with Crippen LogP contribution in [0.4, 0.5) is 0 Å². The lowest BCUT2D eigenvalue weighted by Gasteiger charge is -2.29. The molecule has 1 amide bonds. The summed E-state index contributed by atoms with van der Waals surface area (Å²) >= 11 is 0. The Morgan fingerprint density at radius 3 is 2.67 bits per heavy atom. The van der Waals surface area contributed by atoms with Crippen LogP contribution in [0.3, 0.4) is 0 Å². The Morgan fingerprint density at radius 1 is 1.06 bits per heavy atom. The standard InChI is InChI=1S/C27H30N2O7/c1-2-34-20-6-3-5-18(15-20)24-23(25(30)19-7-8-21-22(16-19)36-17-35-21)26(31)27(32)29(24)10-4-9-28-11-13-33-14-12-28/h3,5-8,15-16,24,30H,2,4,9-14,17H2,1H3/b25-23+. The lowest BCUT2D eigenvalue weighted by atomic mass is 9.95. The Kier molecular flexibility index (Phi) is 7.11. The molecule has 3 aliphatic rings. The zero-order valence-electron chi connectivity index (χ0n) is 20.3. The number of carbonyl (C=O) groups is 2. The van der Waals surface area contributed by atoms with E-state index in [0.29, 0.717) is 61.2 Å². The van der Waals surface area contributed by atoms with Crippen molar-refractivity contribution in [1.82, 2.24) is 9.80 Å². The van der Waals surface area contributed by atoms with Crippen LogP contribution in [0, 0.1) is 0 Å². The van der Waals surface area contributed by atoms with E-state index < -0.39 is 17.7 Å². The van der Waals surface area contributed by atoms with Gasteiger partial charge in [0, 0.05) is 31.7 Å². The van der Waals surface area contributed by atoms with Gasteiger partial charge in [0.05, 0.1) is 31.4 Å². The van der Waals surface area contributed by atoms with E-state index in [0.717, 1.165) is 19.6 Å². The fraction of sp³-hybridized carbons (Fsp3) is 0.407. The number of ether oxygens (including phenoxy) is 4. The fourth-order valence-corrected chi connectivity index (χ4v) is 4.89. The van der Waals surface area contributed by atoms with Crippen LogP contribution in [0.5, 0.6) is 17.2 Å². The number of benzene rings is 2. The average Bonchev–Trinajstić information content (AvgIpc) is 3.47. The quantitative estimate of drug-likeness (QED) is 0.340. The zero-order valence-corrected chi connectivity index (χ0v) is 20.3. The Hall–Kier alpha value is -3.56. The summed E-state index contributed by atoms with van der Waals surface area (Å²) in [7, 11) is 0. The van der Waals surface area contributed by atoms with E-state index in [1.54, 1.807) is 23.1 Å². The minimum absolute atomic E-state index is 0.0545. The fourth-order valence-electron chi connectivity index (χ4n) is 4.89. The van der Waals surface area contributed by atoms with Gasteiger partial charge in [0.25, 0.3) is 11.7 Å². The van der Waals surface area contributed by atoms with Crippen LogP contribution >= 0.6 is 0 Å². The molecule has 2 aromatic rings. The smallest absolute Gasteiger partial charge is 0.295 e. The molecule has 1 atom stereocenters. The molecule has 190 valence electrons. The number of aliphatic hydroxyl groups is 1. The average molecular weight is 495 g/mol. The summed E-state index contributed by atoms with van der Waals surface area (Å²) in [5.41, 5.74) is 1.14. The second-order valence-corrected chi connectivity index (χ2v) is 8.87. The number of aliphatic hydroxyl groups excluding tert-OH is 1. The van der Waals surface area contributed by atoms with Gasteiger partial charge in [0.15, 0.2) is 11.5 Å². The van der Waals surface area contributed by atoms with Gasteiger partial charge in [-0.15, -0.1) is 0 Å². The van der Waals surface area contributed by atoms with Gasteiger partial charge in [-0.2, -0.15) is 0 Å². The Balaban J connectivity index is 1.49. The van der Waals surface area contributed by atoms with Crippen molar-refractivity contribution in [2.24, 2.45) is 0 Å². The van der Waals surface area contributed by atoms with Gasteiger partial charge in [0.2, 0.25) is 6.79 Å². The molecule has 0 bridgehead atoms. The molecule has 1 unspecified atom stereocenters. The summed E-state index contributed by atoms with van der Waals surface area (Å²) in [5.74, 6) is 0.116. The van der Waals surface area contributed by atoms with Crippen LogP contribution < -0.4 is 14.2 Å². The van der Waals surface area contributed by atoms with Gasteiger partial charge in [-0.3, -0.25) is 14.5 Å². The Bertz CT molecular complexity index is 1170. The summed E-state index contributed by atoms with van der Waals surface area (Å²) in [6, 6.07) is 11.5. The lowest BCUT2D eigenvalue weighted by Crippen LogP contribution is -2.38. The van der Waals surface area contributed by atoms with Crippen LogP contribution in [0.2, 0.25) is 0 Å². The Labute approximate surface area is 209 Å². The highest BCUT2D eigenvalue weighted by Gasteiger charge is 2.46. The highest BCUT2D eigenvalue weighted by Crippen LogP contribution is 2.42. The predicted molar refractivity (Wildman–Crippen MR) is 131 cm³/mol. The van der Waals surface area contributed by atoms with E-state index in [-0.39, 0.29) is 18.1 Å². The van der Waals surface area contributed by atoms with Crippen molar-refractivity contribution in [2.75, 3.05) is 52.8 Å². The molecule has 0 aliphatic carbocycles. The SMILES string of the molecule is CCOc1cccc(C2/C(=C(\O)c3ccc4c(c3)OCO4)C(=O)C(=O)N2CCCN2CCOCC2)c1. The molecule has 0 saturated carbocycles. The third-order valence-corrected chi connectivity index (χ3v) is 6.65. The summed E-state index contributed by atoms with van der Waals surface area (Å²) in [6.07, 6.45) is 0.693. The van der Waals surface area contributed by atoms with Crippen molar-refractivity contribution in [3.63, 3.8) is 0 Å². The minimum atomic E-state index is -0.736. The molecule has 2 aromatic carbocycles. The number of carbonyl (C=O) groups excluding carboxylic acids is 2. The van der Waals surface area contributed by atoms with Gasteiger partial charge in [-0.25, -0.2) is 0 Å². The van der Waals surface area contributed by atoms with Gasteiger partial charge < -0.3 is 29.0 Å². The number of morpholine rings is 1. The first-order chi connectivity index (χ1) is 17.6. The molecule has 2 fully saturated rings. The second-order valence-electron chi connectivity index (χ2n) is 8.87. The molecule has 0 aromatic heterocycles. The molecule has 0 radical (unpaired) electrons. The maximum atomic E-state index is 13.3. The number of amides is 1. The highest BCUT2D eigenvalue weighted by molar-refractivity contribution is 6.46. The van der Waals surface area contributed by atoms with Crippen molar-refractivity contribution < 1.29 is 33.6 Å². The van der Waals surface area contributed by atoms with E-state index >= 15 is 0 Å². The van der Waals surface area contributed by atoms with Crippen molar-refractivity contribution in [3.8, 4) is 17.2 Å². The number of hydrogen-bond donors (Lipinski definition) is 1. The summed E-state index contributed by atoms with van der Waals surface area (Å²) in [6.45, 7) is 6.74. The number of ketones is 1. The van der Waals surface area contributed by atoms with Crippen LogP contribution in [0.1, 0.15) is 30.5 Å². The van der Waals surface area contributed by atoms with Gasteiger partial charge in [0.1, 0.15) is 11.5 Å². The first-order valence-electron chi connectivity index (χ1n) is 12.3. The van der Waals surface area contributed by atoms with E-state index in [1.807, 2.05) is 31.2 Å². The van der Waals surface area contributed by atoms with Crippen LogP contribution in [-0.4, -0.2) is 79.4 Å². The van der Waals surface area contributed by atoms with Crippen LogP contribution in [0.25, 0.3) is 5.76 Å². The third kappa shape index (κ3) is 4.76. The van der Waals surface area contributed by atoms with Crippen LogP contribution in [-0.2, 0) is 14.3 Å². The normalized spacial score (nSPS) is 21.2. The molecule has 36 heavy (non-hydrogen) atoms. The summed E-state index contributed by atoms with van der Waals surface area (Å²) in [4.78, 5) is 30.4. The second kappa shape index (κ2) is 10.6. The Morgan fingerprint density at radius 2 is 1.86 bits per heavy atom. The van der Waals surface area contributed by atoms with Gasteiger partial charge in [-0.05, 0) is 49.2 Å². The number of Topliss-reactive ketones (excluding diaryl/α,β-unsaturated/α-hetero) is 1. The molecule has 3 heterocycles. The third-order valence-electron chi connectivity index (χ3n) is 6.65. The summed E-state index contributed by atoms with van der Waals surface area (Å²) in [5, 5.41) is 11.3. The molecule has 3 aliphatic heterocycles. The molecule has 1 N–H and O–H groups in total. The number of fused-ring (bicyclic) bond motifs is 1. The highest BCUT2D eigenvalue weighted by atomic mass is 16.7. The van der Waals surface area contributed by atoms with Crippen molar-refractivity contribution >= 4 is 17.4 Å². The number of hydrogen-bond acceptors (Lipinski definition) is 8. The monoisotopic (exact) mass is 494 g/mol. The number of nitrogens with zero attached hydrogens (tertiary/aromatic N) is 2. The molecule has 0 spiro atoms. The van der Waals surface area contributed by atoms with Crippen molar-refractivity contribution in [2.45, 2.75) is 19.4 Å². The van der Waals surface area contributed by atoms with E-state index in [1.165, 1.54) is 0 Å². The molecule has 5 rings (SSSR count). The predicted octanol–water partition coefficient (Wildman–Crippen LogP) is 2.96. The molecule has 2 saturated heterocycles. The topological polar surface area (TPSA) is 97.8 Å². The van der Waals surface area contributed by atoms with Crippen molar-refractivity contribution in [3.05, 3.63) is 59.2 Å². The van der Waals surface area contributed by atoms with E-state index in [4.69, 9.17) is 18.9 Å². The maximum absolute atomic E-state index is 13.3. The zero-order chi connectivity index (χ0) is 25.1. The molecular formula is C27H30N2O7. The van der Waals surface area contributed by atoms with Crippen molar-refractivity contribution in [1.29, 1.82) is 0 Å². The maximum Gasteiger partial charge on any atom is 0.295 e.